The van der Waals surface area contributed by atoms with Gasteiger partial charge in [-0.2, -0.15) is 0 Å². The largest absolute Gasteiger partial charge is 0.392 e. The number of aryl methyl sites for hydroxylation is 2. The highest BCUT2D eigenvalue weighted by atomic mass is 16.3. The minimum absolute atomic E-state index is 0.0886. The summed E-state index contributed by atoms with van der Waals surface area (Å²) in [4.78, 5) is 0. The molecule has 0 aliphatic rings. The molecule has 0 radical (unpaired) electrons. The lowest BCUT2D eigenvalue weighted by Crippen LogP contribution is -1.94. The Morgan fingerprint density at radius 3 is 2.25 bits per heavy atom. The van der Waals surface area contributed by atoms with Crippen molar-refractivity contribution in [3.8, 4) is 11.1 Å². The van der Waals surface area contributed by atoms with E-state index in [0.29, 0.717) is 0 Å². The average molecular weight is 212 g/mol. The molecule has 0 bridgehead atoms. The van der Waals surface area contributed by atoms with Crippen molar-refractivity contribution < 1.29 is 5.11 Å². The minimum Gasteiger partial charge on any atom is -0.392 e. The first-order valence-electron chi connectivity index (χ1n) is 5.49. The molecule has 0 spiro atoms. The molecular weight excluding hydrogens is 196 g/mol. The fourth-order valence-electron chi connectivity index (χ4n) is 2.10. The van der Waals surface area contributed by atoms with Crippen LogP contribution in [0.4, 0.5) is 0 Å². The summed E-state index contributed by atoms with van der Waals surface area (Å²) in [5.74, 6) is 0. The molecule has 16 heavy (non-hydrogen) atoms. The van der Waals surface area contributed by atoms with Crippen LogP contribution in [0.5, 0.6) is 0 Å². The summed E-state index contributed by atoms with van der Waals surface area (Å²) in [6, 6.07) is 14.3. The molecule has 2 rings (SSSR count). The van der Waals surface area contributed by atoms with E-state index in [1.54, 1.807) is 0 Å². The van der Waals surface area contributed by atoms with Crippen LogP contribution in [-0.2, 0) is 6.61 Å². The maximum absolute atomic E-state index is 9.40. The molecule has 1 N–H and O–H groups in total. The summed E-state index contributed by atoms with van der Waals surface area (Å²) in [7, 11) is 0. The van der Waals surface area contributed by atoms with Crippen molar-refractivity contribution >= 4 is 0 Å². The van der Waals surface area contributed by atoms with Crippen molar-refractivity contribution in [1.82, 2.24) is 0 Å². The van der Waals surface area contributed by atoms with E-state index in [4.69, 9.17) is 0 Å². The highest BCUT2D eigenvalue weighted by Gasteiger charge is 2.08. The molecule has 1 heteroatoms. The van der Waals surface area contributed by atoms with Gasteiger partial charge in [0.15, 0.2) is 0 Å². The number of benzene rings is 2. The molecule has 0 heterocycles. The van der Waals surface area contributed by atoms with Crippen LogP contribution in [0.3, 0.4) is 0 Å². The third kappa shape index (κ3) is 1.86. The van der Waals surface area contributed by atoms with E-state index in [0.717, 1.165) is 5.56 Å². The van der Waals surface area contributed by atoms with Gasteiger partial charge in [0.05, 0.1) is 6.61 Å². The fourth-order valence-corrected chi connectivity index (χ4v) is 2.10. The van der Waals surface area contributed by atoms with Gasteiger partial charge in [0.1, 0.15) is 0 Å². The normalized spacial score (nSPS) is 10.4. The van der Waals surface area contributed by atoms with E-state index in [2.05, 4.69) is 32.0 Å². The monoisotopic (exact) mass is 212 g/mol. The Balaban J connectivity index is 2.68. The predicted octanol–water partition coefficient (Wildman–Crippen LogP) is 3.46. The van der Waals surface area contributed by atoms with Crippen LogP contribution < -0.4 is 0 Å². The van der Waals surface area contributed by atoms with Gasteiger partial charge in [-0.05, 0) is 41.7 Å². The molecule has 82 valence electrons. The topological polar surface area (TPSA) is 20.2 Å². The number of aliphatic hydroxyl groups is 1. The summed E-state index contributed by atoms with van der Waals surface area (Å²) < 4.78 is 0. The SMILES string of the molecule is Cc1ccccc1-c1c(C)cccc1CO. The number of aliphatic hydroxyl groups excluding tert-OH is 1. The van der Waals surface area contributed by atoms with Crippen LogP contribution in [-0.4, -0.2) is 5.11 Å². The molecule has 0 aliphatic carbocycles. The summed E-state index contributed by atoms with van der Waals surface area (Å²) >= 11 is 0. The first kappa shape index (κ1) is 10.9. The van der Waals surface area contributed by atoms with E-state index in [9.17, 15) is 5.11 Å². The zero-order valence-corrected chi connectivity index (χ0v) is 9.70. The zero-order valence-electron chi connectivity index (χ0n) is 9.70. The summed E-state index contributed by atoms with van der Waals surface area (Å²) in [5.41, 5.74) is 5.83. The van der Waals surface area contributed by atoms with Crippen LogP contribution in [0, 0.1) is 13.8 Å². The molecule has 2 aromatic carbocycles. The molecule has 0 fully saturated rings. The Morgan fingerprint density at radius 1 is 0.875 bits per heavy atom. The quantitative estimate of drug-likeness (QED) is 0.808. The Bertz CT molecular complexity index is 501. The summed E-state index contributed by atoms with van der Waals surface area (Å²) in [6.07, 6.45) is 0. The maximum Gasteiger partial charge on any atom is 0.0687 e. The highest BCUT2D eigenvalue weighted by molar-refractivity contribution is 5.73. The van der Waals surface area contributed by atoms with Gasteiger partial charge in [-0.1, -0.05) is 42.5 Å². The molecule has 0 aliphatic heterocycles. The molecule has 0 unspecified atom stereocenters. The van der Waals surface area contributed by atoms with E-state index < -0.39 is 0 Å². The number of rotatable bonds is 2. The third-order valence-electron chi connectivity index (χ3n) is 2.94. The highest BCUT2D eigenvalue weighted by Crippen LogP contribution is 2.29. The van der Waals surface area contributed by atoms with Gasteiger partial charge in [-0.15, -0.1) is 0 Å². The van der Waals surface area contributed by atoms with Gasteiger partial charge in [-0.25, -0.2) is 0 Å². The average Bonchev–Trinajstić information content (AvgIpc) is 2.30. The van der Waals surface area contributed by atoms with Crippen LogP contribution in [0.2, 0.25) is 0 Å². The van der Waals surface area contributed by atoms with Crippen molar-refractivity contribution in [3.05, 3.63) is 59.2 Å². The first-order chi connectivity index (χ1) is 7.74. The van der Waals surface area contributed by atoms with E-state index in [1.807, 2.05) is 24.3 Å². The Labute approximate surface area is 96.4 Å². The van der Waals surface area contributed by atoms with Crippen molar-refractivity contribution in [3.63, 3.8) is 0 Å². The number of hydrogen-bond acceptors (Lipinski definition) is 1. The number of hydrogen-bond donors (Lipinski definition) is 1. The second-order valence-corrected chi connectivity index (χ2v) is 4.08. The predicted molar refractivity (Wildman–Crippen MR) is 67.3 cm³/mol. The second kappa shape index (κ2) is 4.50. The van der Waals surface area contributed by atoms with Gasteiger partial charge >= 0.3 is 0 Å². The van der Waals surface area contributed by atoms with Gasteiger partial charge < -0.3 is 5.11 Å². The lowest BCUT2D eigenvalue weighted by Gasteiger charge is -2.13. The van der Waals surface area contributed by atoms with Gasteiger partial charge in [0.25, 0.3) is 0 Å². The first-order valence-corrected chi connectivity index (χ1v) is 5.49. The summed E-state index contributed by atoms with van der Waals surface area (Å²) in [6.45, 7) is 4.27. The zero-order chi connectivity index (χ0) is 11.5. The lowest BCUT2D eigenvalue weighted by atomic mass is 9.92. The molecule has 1 nitrogen and oxygen atoms in total. The van der Waals surface area contributed by atoms with Crippen molar-refractivity contribution in [2.24, 2.45) is 0 Å². The Morgan fingerprint density at radius 2 is 1.56 bits per heavy atom. The smallest absolute Gasteiger partial charge is 0.0687 e. The Kier molecular flexibility index (Phi) is 3.07. The molecule has 0 aromatic heterocycles. The van der Waals surface area contributed by atoms with Crippen LogP contribution in [0.25, 0.3) is 11.1 Å². The molecule has 2 aromatic rings. The molecular formula is C15H16O. The van der Waals surface area contributed by atoms with Crippen LogP contribution in [0.1, 0.15) is 16.7 Å². The van der Waals surface area contributed by atoms with Crippen molar-refractivity contribution in [2.45, 2.75) is 20.5 Å². The molecule has 0 atom stereocenters. The lowest BCUT2D eigenvalue weighted by molar-refractivity contribution is 0.282. The van der Waals surface area contributed by atoms with Crippen LogP contribution in [0.15, 0.2) is 42.5 Å². The van der Waals surface area contributed by atoms with E-state index >= 15 is 0 Å². The van der Waals surface area contributed by atoms with E-state index in [1.165, 1.54) is 22.3 Å². The minimum atomic E-state index is 0.0886. The molecule has 0 saturated heterocycles. The third-order valence-corrected chi connectivity index (χ3v) is 2.94. The fraction of sp³-hybridized carbons (Fsp3) is 0.200. The van der Waals surface area contributed by atoms with Gasteiger partial charge in [-0.3, -0.25) is 0 Å². The summed E-state index contributed by atoms with van der Waals surface area (Å²) in [5, 5.41) is 9.40. The van der Waals surface area contributed by atoms with E-state index in [-0.39, 0.29) is 6.61 Å². The maximum atomic E-state index is 9.40. The van der Waals surface area contributed by atoms with Crippen LogP contribution >= 0.6 is 0 Å². The van der Waals surface area contributed by atoms with Gasteiger partial charge in [0, 0.05) is 0 Å². The molecule has 0 saturated carbocycles. The standard InChI is InChI=1S/C15H16O/c1-11-6-3-4-9-14(11)15-12(2)7-5-8-13(15)10-16/h3-9,16H,10H2,1-2H3. The van der Waals surface area contributed by atoms with Gasteiger partial charge in [0.2, 0.25) is 0 Å². The second-order valence-electron chi connectivity index (χ2n) is 4.08. The van der Waals surface area contributed by atoms with Crippen molar-refractivity contribution in [2.75, 3.05) is 0 Å². The Hall–Kier alpha value is -1.60. The molecule has 0 amide bonds. The van der Waals surface area contributed by atoms with Crippen molar-refractivity contribution in [1.29, 1.82) is 0 Å².